The van der Waals surface area contributed by atoms with Crippen LogP contribution >= 0.6 is 0 Å². The summed E-state index contributed by atoms with van der Waals surface area (Å²) >= 11 is 0. The molecule has 4 amide bonds. The summed E-state index contributed by atoms with van der Waals surface area (Å²) < 4.78 is 0. The van der Waals surface area contributed by atoms with E-state index in [1.54, 1.807) is 0 Å². The van der Waals surface area contributed by atoms with Crippen molar-refractivity contribution in [3.05, 3.63) is 0 Å². The number of hydrogen-bond acceptors (Lipinski definition) is 4. The van der Waals surface area contributed by atoms with Crippen LogP contribution in [0.15, 0.2) is 0 Å². The van der Waals surface area contributed by atoms with E-state index < -0.39 is 11.6 Å². The summed E-state index contributed by atoms with van der Waals surface area (Å²) in [5, 5.41) is 8.85. The van der Waals surface area contributed by atoms with E-state index in [0.717, 1.165) is 30.8 Å². The van der Waals surface area contributed by atoms with Crippen LogP contribution in [0.1, 0.15) is 39.5 Å². The van der Waals surface area contributed by atoms with Gasteiger partial charge >= 0.3 is 6.03 Å². The zero-order chi connectivity index (χ0) is 16.2. The zero-order valence-corrected chi connectivity index (χ0v) is 13.4. The fourth-order valence-corrected chi connectivity index (χ4v) is 3.10. The first-order valence-electron chi connectivity index (χ1n) is 8.14. The molecule has 0 saturated carbocycles. The average Bonchev–Trinajstić information content (AvgIpc) is 2.78. The fourth-order valence-electron chi connectivity index (χ4n) is 3.10. The van der Waals surface area contributed by atoms with Crippen molar-refractivity contribution < 1.29 is 14.4 Å². The van der Waals surface area contributed by atoms with E-state index >= 15 is 0 Å². The highest BCUT2D eigenvalue weighted by molar-refractivity contribution is 6.08. The Balaban J connectivity index is 1.85. The van der Waals surface area contributed by atoms with Crippen molar-refractivity contribution in [3.8, 4) is 0 Å². The first-order chi connectivity index (χ1) is 10.5. The number of amides is 4. The summed E-state index contributed by atoms with van der Waals surface area (Å²) in [6.45, 7) is 6.04. The maximum atomic E-state index is 12.4. The van der Waals surface area contributed by atoms with Gasteiger partial charge in [-0.05, 0) is 44.7 Å². The van der Waals surface area contributed by atoms with Gasteiger partial charge in [-0.1, -0.05) is 13.8 Å². The van der Waals surface area contributed by atoms with E-state index in [4.69, 9.17) is 0 Å². The van der Waals surface area contributed by atoms with Crippen molar-refractivity contribution in [2.45, 2.75) is 45.1 Å². The molecule has 2 fully saturated rings. The normalized spacial score (nSPS) is 24.3. The fraction of sp³-hybridized carbons (Fsp3) is 0.800. The third-order valence-corrected chi connectivity index (χ3v) is 4.74. The molecule has 0 aliphatic carbocycles. The van der Waals surface area contributed by atoms with Crippen molar-refractivity contribution in [3.63, 3.8) is 0 Å². The molecule has 2 heterocycles. The Hall–Kier alpha value is -1.63. The Kier molecular flexibility index (Phi) is 5.39. The Labute approximate surface area is 131 Å². The first-order valence-corrected chi connectivity index (χ1v) is 8.14. The van der Waals surface area contributed by atoms with Crippen LogP contribution in [0.25, 0.3) is 0 Å². The summed E-state index contributed by atoms with van der Waals surface area (Å²) in [7, 11) is 0. The highest BCUT2D eigenvalue weighted by Crippen LogP contribution is 2.24. The predicted molar refractivity (Wildman–Crippen MR) is 82.2 cm³/mol. The van der Waals surface area contributed by atoms with Crippen LogP contribution in [0, 0.1) is 5.92 Å². The molecule has 2 aliphatic heterocycles. The number of nitrogens with zero attached hydrogens (tertiary/aromatic N) is 1. The lowest BCUT2D eigenvalue weighted by Gasteiger charge is -2.24. The van der Waals surface area contributed by atoms with Gasteiger partial charge in [-0.25, -0.2) is 4.79 Å². The highest BCUT2D eigenvalue weighted by Gasteiger charge is 2.49. The summed E-state index contributed by atoms with van der Waals surface area (Å²) in [6, 6.07) is -0.469. The average molecular weight is 310 g/mol. The smallest absolute Gasteiger partial charge is 0.325 e. The van der Waals surface area contributed by atoms with Crippen molar-refractivity contribution in [2.24, 2.45) is 5.92 Å². The maximum Gasteiger partial charge on any atom is 0.325 e. The van der Waals surface area contributed by atoms with Gasteiger partial charge in [-0.2, -0.15) is 0 Å². The third-order valence-electron chi connectivity index (χ3n) is 4.74. The molecule has 22 heavy (non-hydrogen) atoms. The molecule has 0 aromatic rings. The van der Waals surface area contributed by atoms with Crippen LogP contribution in [-0.2, 0) is 9.59 Å². The van der Waals surface area contributed by atoms with Gasteiger partial charge in [-0.3, -0.25) is 14.5 Å². The van der Waals surface area contributed by atoms with E-state index in [1.807, 2.05) is 13.8 Å². The second kappa shape index (κ2) is 7.09. The van der Waals surface area contributed by atoms with Gasteiger partial charge in [0.25, 0.3) is 5.91 Å². The second-order valence-electron chi connectivity index (χ2n) is 6.13. The van der Waals surface area contributed by atoms with E-state index in [-0.39, 0.29) is 18.4 Å². The maximum absolute atomic E-state index is 12.4. The lowest BCUT2D eigenvalue weighted by atomic mass is 9.93. The summed E-state index contributed by atoms with van der Waals surface area (Å²) in [5.74, 6) is -0.153. The minimum atomic E-state index is -0.843. The van der Waals surface area contributed by atoms with Gasteiger partial charge in [0.1, 0.15) is 12.1 Å². The van der Waals surface area contributed by atoms with E-state index in [1.165, 1.54) is 0 Å². The molecule has 3 N–H and O–H groups in total. The molecule has 2 rings (SSSR count). The number of carbonyl (C=O) groups is 3. The van der Waals surface area contributed by atoms with E-state index in [9.17, 15) is 14.4 Å². The number of urea groups is 1. The topological polar surface area (TPSA) is 90.5 Å². The molecule has 0 radical (unpaired) electrons. The Morgan fingerprint density at radius 3 is 2.64 bits per heavy atom. The minimum absolute atomic E-state index is 0.202. The van der Waals surface area contributed by atoms with Crippen LogP contribution in [-0.4, -0.2) is 54.5 Å². The third kappa shape index (κ3) is 3.40. The van der Waals surface area contributed by atoms with Crippen molar-refractivity contribution >= 4 is 17.8 Å². The zero-order valence-electron chi connectivity index (χ0n) is 13.4. The quantitative estimate of drug-likeness (QED) is 0.612. The number of rotatable bonds is 6. The minimum Gasteiger partial charge on any atom is -0.354 e. The molecular formula is C15H26N4O3. The van der Waals surface area contributed by atoms with E-state index in [2.05, 4.69) is 16.0 Å². The molecule has 7 nitrogen and oxygen atoms in total. The van der Waals surface area contributed by atoms with E-state index in [0.29, 0.717) is 25.3 Å². The van der Waals surface area contributed by atoms with Gasteiger partial charge in [0, 0.05) is 6.54 Å². The molecule has 2 saturated heterocycles. The predicted octanol–water partition coefficient (Wildman–Crippen LogP) is 0.213. The van der Waals surface area contributed by atoms with Gasteiger partial charge in [0.05, 0.1) is 0 Å². The molecule has 2 aliphatic rings. The first kappa shape index (κ1) is 16.7. The van der Waals surface area contributed by atoms with Crippen molar-refractivity contribution in [1.82, 2.24) is 20.9 Å². The molecule has 124 valence electrons. The van der Waals surface area contributed by atoms with Gasteiger partial charge in [-0.15, -0.1) is 0 Å². The summed E-state index contributed by atoms with van der Waals surface area (Å²) in [4.78, 5) is 37.4. The summed E-state index contributed by atoms with van der Waals surface area (Å²) in [5.41, 5.74) is -0.843. The van der Waals surface area contributed by atoms with Crippen LogP contribution in [0.2, 0.25) is 0 Å². The SMILES string of the molecule is CCC1(CC)NC(=O)N(CC(=O)NCC2CCCNC2)C1=O. The molecule has 0 aromatic heterocycles. The standard InChI is InChI=1S/C15H26N4O3/c1-3-15(4-2)13(21)19(14(22)18-15)10-12(20)17-9-11-6-5-7-16-8-11/h11,16H,3-10H2,1-2H3,(H,17,20)(H,18,22). The molecular weight excluding hydrogens is 284 g/mol. The van der Waals surface area contributed by atoms with Gasteiger partial charge < -0.3 is 16.0 Å². The number of hydrogen-bond donors (Lipinski definition) is 3. The van der Waals surface area contributed by atoms with Crippen molar-refractivity contribution in [1.29, 1.82) is 0 Å². The highest BCUT2D eigenvalue weighted by atomic mass is 16.2. The monoisotopic (exact) mass is 310 g/mol. The number of carbonyl (C=O) groups excluding carboxylic acids is 3. The largest absolute Gasteiger partial charge is 0.354 e. The number of imide groups is 1. The molecule has 0 spiro atoms. The van der Waals surface area contributed by atoms with Crippen LogP contribution < -0.4 is 16.0 Å². The number of nitrogens with one attached hydrogen (secondary N) is 3. The van der Waals surface area contributed by atoms with Gasteiger partial charge in [0.2, 0.25) is 5.91 Å². The molecule has 0 aromatic carbocycles. The van der Waals surface area contributed by atoms with Crippen LogP contribution in [0.4, 0.5) is 4.79 Å². The van der Waals surface area contributed by atoms with Crippen LogP contribution in [0.5, 0.6) is 0 Å². The van der Waals surface area contributed by atoms with Gasteiger partial charge in [0.15, 0.2) is 0 Å². The Morgan fingerprint density at radius 1 is 1.36 bits per heavy atom. The Bertz CT molecular complexity index is 442. The summed E-state index contributed by atoms with van der Waals surface area (Å²) in [6.07, 6.45) is 3.26. The molecule has 1 unspecified atom stereocenters. The molecule has 1 atom stereocenters. The lowest BCUT2D eigenvalue weighted by Crippen LogP contribution is -2.47. The Morgan fingerprint density at radius 2 is 2.09 bits per heavy atom. The lowest BCUT2D eigenvalue weighted by molar-refractivity contribution is -0.135. The van der Waals surface area contributed by atoms with Crippen molar-refractivity contribution in [2.75, 3.05) is 26.2 Å². The molecule has 0 bridgehead atoms. The number of piperidine rings is 1. The second-order valence-corrected chi connectivity index (χ2v) is 6.13. The molecule has 7 heteroatoms. The van der Waals surface area contributed by atoms with Crippen LogP contribution in [0.3, 0.4) is 0 Å².